The molecule has 1 heterocycles. The number of nitrogens with two attached hydrogens (primary N) is 1. The molecule has 1 aromatic heterocycles. The number of hydrogen-bond donors (Lipinski definition) is 2. The van der Waals surface area contributed by atoms with Gasteiger partial charge in [0.25, 0.3) is 0 Å². The zero-order chi connectivity index (χ0) is 13.1. The van der Waals surface area contributed by atoms with E-state index in [2.05, 4.69) is 16.0 Å². The van der Waals surface area contributed by atoms with E-state index in [1.165, 1.54) is 32.1 Å². The molecule has 0 spiro atoms. The predicted molar refractivity (Wildman–Crippen MR) is 81.4 cm³/mol. The van der Waals surface area contributed by atoms with Gasteiger partial charge >= 0.3 is 0 Å². The minimum Gasteiger partial charge on any atom is -0.333 e. The van der Waals surface area contributed by atoms with Crippen LogP contribution in [0.15, 0.2) is 29.4 Å². The summed E-state index contributed by atoms with van der Waals surface area (Å²) in [5.74, 6) is 1.68. The van der Waals surface area contributed by atoms with Gasteiger partial charge in [0, 0.05) is 11.8 Å². The molecule has 102 valence electrons. The Labute approximate surface area is 118 Å². The Morgan fingerprint density at radius 2 is 2.05 bits per heavy atom. The highest BCUT2D eigenvalue weighted by Gasteiger charge is 2.20. The van der Waals surface area contributed by atoms with Crippen molar-refractivity contribution in [2.45, 2.75) is 43.3 Å². The first-order valence-corrected chi connectivity index (χ1v) is 8.14. The van der Waals surface area contributed by atoms with Crippen molar-refractivity contribution in [3.8, 4) is 0 Å². The number of rotatable bonds is 4. The monoisotopic (exact) mass is 275 g/mol. The van der Waals surface area contributed by atoms with Gasteiger partial charge in [0.05, 0.1) is 11.0 Å². The van der Waals surface area contributed by atoms with E-state index in [0.29, 0.717) is 12.0 Å². The molecule has 1 aromatic carbocycles. The van der Waals surface area contributed by atoms with Gasteiger partial charge in [-0.2, -0.15) is 0 Å². The van der Waals surface area contributed by atoms with Crippen molar-refractivity contribution in [3.63, 3.8) is 0 Å². The summed E-state index contributed by atoms with van der Waals surface area (Å²) >= 11 is 1.76. The Kier molecular flexibility index (Phi) is 4.09. The third-order valence-corrected chi connectivity index (χ3v) is 5.05. The van der Waals surface area contributed by atoms with E-state index >= 15 is 0 Å². The first kappa shape index (κ1) is 13.0. The van der Waals surface area contributed by atoms with E-state index in [0.717, 1.165) is 21.9 Å². The number of hydrogen-bond acceptors (Lipinski definition) is 3. The molecule has 1 aliphatic carbocycles. The molecule has 0 aliphatic heterocycles. The second kappa shape index (κ2) is 5.97. The van der Waals surface area contributed by atoms with Crippen LogP contribution >= 0.6 is 11.8 Å². The average molecular weight is 275 g/mol. The van der Waals surface area contributed by atoms with Crippen LogP contribution in [0.5, 0.6) is 0 Å². The van der Waals surface area contributed by atoms with Crippen molar-refractivity contribution in [1.29, 1.82) is 0 Å². The Bertz CT molecular complexity index is 498. The van der Waals surface area contributed by atoms with Gasteiger partial charge in [0.2, 0.25) is 0 Å². The molecule has 1 aliphatic rings. The second-order valence-corrected chi connectivity index (χ2v) is 6.44. The van der Waals surface area contributed by atoms with Crippen molar-refractivity contribution in [2.24, 2.45) is 11.7 Å². The topological polar surface area (TPSA) is 54.7 Å². The Morgan fingerprint density at radius 3 is 2.84 bits per heavy atom. The fraction of sp³-hybridized carbons (Fsp3) is 0.533. The lowest BCUT2D eigenvalue weighted by atomic mass is 9.85. The number of H-pyrrole nitrogens is 1. The van der Waals surface area contributed by atoms with Gasteiger partial charge in [0.1, 0.15) is 0 Å². The van der Waals surface area contributed by atoms with E-state index in [-0.39, 0.29) is 0 Å². The number of nitrogens with zero attached hydrogens (tertiary/aromatic N) is 1. The molecule has 19 heavy (non-hydrogen) atoms. The third kappa shape index (κ3) is 3.12. The quantitative estimate of drug-likeness (QED) is 0.839. The van der Waals surface area contributed by atoms with Crippen LogP contribution in [0.3, 0.4) is 0 Å². The molecule has 2 aromatic rings. The standard InChI is InChI=1S/C15H21N3S/c16-12(11-6-2-1-3-7-11)10-19-15-17-13-8-4-5-9-14(13)18-15/h4-5,8-9,11-12H,1-3,6-7,10,16H2,(H,17,18). The largest absolute Gasteiger partial charge is 0.333 e. The van der Waals surface area contributed by atoms with Crippen LogP contribution in [0, 0.1) is 5.92 Å². The molecule has 3 nitrogen and oxygen atoms in total. The van der Waals surface area contributed by atoms with E-state index in [1.807, 2.05) is 18.2 Å². The number of benzene rings is 1. The Morgan fingerprint density at radius 1 is 1.26 bits per heavy atom. The van der Waals surface area contributed by atoms with E-state index in [9.17, 15) is 0 Å². The Hall–Kier alpha value is -1.00. The number of fused-ring (bicyclic) bond motifs is 1. The summed E-state index contributed by atoms with van der Waals surface area (Å²) in [6.07, 6.45) is 6.71. The van der Waals surface area contributed by atoms with E-state index in [1.54, 1.807) is 11.8 Å². The van der Waals surface area contributed by atoms with Crippen LogP contribution < -0.4 is 5.73 Å². The molecule has 1 unspecified atom stereocenters. The molecule has 1 atom stereocenters. The smallest absolute Gasteiger partial charge is 0.166 e. The van der Waals surface area contributed by atoms with Gasteiger partial charge in [-0.1, -0.05) is 43.2 Å². The molecular weight excluding hydrogens is 254 g/mol. The molecule has 0 saturated heterocycles. The summed E-state index contributed by atoms with van der Waals surface area (Å²) in [5, 5.41) is 0.993. The van der Waals surface area contributed by atoms with E-state index in [4.69, 9.17) is 5.73 Å². The van der Waals surface area contributed by atoms with Gasteiger partial charge in [-0.3, -0.25) is 0 Å². The van der Waals surface area contributed by atoms with Crippen molar-refractivity contribution < 1.29 is 0 Å². The van der Waals surface area contributed by atoms with Crippen molar-refractivity contribution in [1.82, 2.24) is 9.97 Å². The van der Waals surface area contributed by atoms with Crippen LogP contribution in [-0.2, 0) is 0 Å². The van der Waals surface area contributed by atoms with Gasteiger partial charge in [-0.05, 0) is 30.9 Å². The average Bonchev–Trinajstić information content (AvgIpc) is 2.88. The van der Waals surface area contributed by atoms with Crippen LogP contribution in [0.1, 0.15) is 32.1 Å². The molecule has 0 radical (unpaired) electrons. The van der Waals surface area contributed by atoms with Crippen molar-refractivity contribution >= 4 is 22.8 Å². The second-order valence-electron chi connectivity index (χ2n) is 5.43. The maximum absolute atomic E-state index is 6.33. The zero-order valence-electron chi connectivity index (χ0n) is 11.1. The molecule has 1 fully saturated rings. The van der Waals surface area contributed by atoms with Crippen LogP contribution in [0.25, 0.3) is 11.0 Å². The van der Waals surface area contributed by atoms with Gasteiger partial charge in [-0.15, -0.1) is 0 Å². The molecule has 1 saturated carbocycles. The minimum atomic E-state index is 0.304. The number of para-hydroxylation sites is 2. The lowest BCUT2D eigenvalue weighted by Crippen LogP contribution is -2.33. The summed E-state index contributed by atoms with van der Waals surface area (Å²) in [6, 6.07) is 8.46. The molecular formula is C15H21N3S. The van der Waals surface area contributed by atoms with Gasteiger partial charge in [-0.25, -0.2) is 4.98 Å². The fourth-order valence-electron chi connectivity index (χ4n) is 2.87. The summed E-state index contributed by atoms with van der Waals surface area (Å²) < 4.78 is 0. The summed E-state index contributed by atoms with van der Waals surface area (Å²) in [6.45, 7) is 0. The van der Waals surface area contributed by atoms with E-state index < -0.39 is 0 Å². The number of aromatic amines is 1. The lowest BCUT2D eigenvalue weighted by Gasteiger charge is -2.26. The number of nitrogens with one attached hydrogen (secondary N) is 1. The van der Waals surface area contributed by atoms with Crippen LogP contribution in [0.2, 0.25) is 0 Å². The lowest BCUT2D eigenvalue weighted by molar-refractivity contribution is 0.319. The summed E-state index contributed by atoms with van der Waals surface area (Å²) in [5.41, 5.74) is 8.47. The maximum Gasteiger partial charge on any atom is 0.166 e. The number of thioether (sulfide) groups is 1. The fourth-order valence-corrected chi connectivity index (χ4v) is 3.84. The molecule has 3 rings (SSSR count). The summed E-state index contributed by atoms with van der Waals surface area (Å²) in [7, 11) is 0. The first-order chi connectivity index (χ1) is 9.33. The number of imidazole rings is 1. The minimum absolute atomic E-state index is 0.304. The van der Waals surface area contributed by atoms with Crippen LogP contribution in [-0.4, -0.2) is 21.8 Å². The molecule has 3 N–H and O–H groups in total. The van der Waals surface area contributed by atoms with Gasteiger partial charge in [0.15, 0.2) is 5.16 Å². The number of aromatic nitrogens is 2. The molecule has 0 bridgehead atoms. The van der Waals surface area contributed by atoms with Crippen molar-refractivity contribution in [3.05, 3.63) is 24.3 Å². The maximum atomic E-state index is 6.33. The normalized spacial score (nSPS) is 18.8. The predicted octanol–water partition coefficient (Wildman–Crippen LogP) is 3.56. The molecule has 0 amide bonds. The first-order valence-electron chi connectivity index (χ1n) is 7.16. The van der Waals surface area contributed by atoms with Crippen LogP contribution in [0.4, 0.5) is 0 Å². The highest BCUT2D eigenvalue weighted by Crippen LogP contribution is 2.28. The highest BCUT2D eigenvalue weighted by atomic mass is 32.2. The van der Waals surface area contributed by atoms with Gasteiger partial charge < -0.3 is 10.7 Å². The SMILES string of the molecule is NC(CSc1nc2ccccc2[nH]1)C1CCCCC1. The summed E-state index contributed by atoms with van der Waals surface area (Å²) in [4.78, 5) is 7.93. The zero-order valence-corrected chi connectivity index (χ0v) is 12.0. The highest BCUT2D eigenvalue weighted by molar-refractivity contribution is 7.99. The Balaban J connectivity index is 1.58. The third-order valence-electron chi connectivity index (χ3n) is 4.04. The van der Waals surface area contributed by atoms with Crippen molar-refractivity contribution in [2.75, 3.05) is 5.75 Å². The molecule has 4 heteroatoms.